The Balaban J connectivity index is 1.54. The van der Waals surface area contributed by atoms with Gasteiger partial charge in [0.15, 0.2) is 5.82 Å². The van der Waals surface area contributed by atoms with Crippen LogP contribution in [0.5, 0.6) is 0 Å². The fourth-order valence-corrected chi connectivity index (χ4v) is 4.16. The number of hydrogen-bond acceptors (Lipinski definition) is 5. The zero-order valence-electron chi connectivity index (χ0n) is 17.3. The molecule has 2 heterocycles. The molecule has 32 heavy (non-hydrogen) atoms. The zero-order chi connectivity index (χ0) is 21.9. The number of carbonyl (C=O) groups excluding carboxylic acids is 2. The lowest BCUT2D eigenvalue weighted by atomic mass is 10.0. The van der Waals surface area contributed by atoms with E-state index in [0.29, 0.717) is 36.5 Å². The Morgan fingerprint density at radius 2 is 1.44 bits per heavy atom. The highest BCUT2D eigenvalue weighted by molar-refractivity contribution is 6.52. The van der Waals surface area contributed by atoms with Crippen molar-refractivity contribution in [3.05, 3.63) is 107 Å². The molecule has 7 heteroatoms. The van der Waals surface area contributed by atoms with Gasteiger partial charge in [-0.15, -0.1) is 5.10 Å². The second kappa shape index (κ2) is 8.55. The molecule has 5 rings (SSSR count). The molecule has 1 atom stereocenters. The highest BCUT2D eigenvalue weighted by atomic mass is 16.2. The first-order chi connectivity index (χ1) is 15.7. The predicted molar refractivity (Wildman–Crippen MR) is 119 cm³/mol. The van der Waals surface area contributed by atoms with Gasteiger partial charge in [0.25, 0.3) is 11.7 Å². The first kappa shape index (κ1) is 19.8. The second-order valence-corrected chi connectivity index (χ2v) is 7.74. The van der Waals surface area contributed by atoms with Crippen LogP contribution >= 0.6 is 0 Å². The molecule has 0 aliphatic carbocycles. The number of Topliss-reactive ketones (excluding diaryl/α,β-unsaturated/α-hetero) is 1. The summed E-state index contributed by atoms with van der Waals surface area (Å²) < 4.78 is 1.71. The van der Waals surface area contributed by atoms with Gasteiger partial charge in [0.1, 0.15) is 0 Å². The number of aryl methyl sites for hydroxylation is 1. The molecule has 4 aromatic rings. The lowest BCUT2D eigenvalue weighted by molar-refractivity contribution is -0.114. The van der Waals surface area contributed by atoms with Gasteiger partial charge in [-0.1, -0.05) is 72.8 Å². The normalized spacial score (nSPS) is 13.9. The third kappa shape index (κ3) is 3.69. The molecule has 0 fully saturated rings. The van der Waals surface area contributed by atoms with Crippen LogP contribution < -0.4 is 4.90 Å². The van der Waals surface area contributed by atoms with Gasteiger partial charge in [-0.25, -0.2) is 4.68 Å². The summed E-state index contributed by atoms with van der Waals surface area (Å²) >= 11 is 0. The fourth-order valence-electron chi connectivity index (χ4n) is 4.16. The van der Waals surface area contributed by atoms with Gasteiger partial charge < -0.3 is 0 Å². The van der Waals surface area contributed by atoms with E-state index in [1.54, 1.807) is 27.8 Å². The van der Waals surface area contributed by atoms with E-state index in [9.17, 15) is 9.59 Å². The molecular weight excluding hydrogens is 402 g/mol. The molecule has 1 aromatic heterocycles. The van der Waals surface area contributed by atoms with E-state index in [1.807, 2.05) is 54.6 Å². The van der Waals surface area contributed by atoms with Crippen LogP contribution in [0.2, 0.25) is 0 Å². The molecule has 1 amide bonds. The van der Waals surface area contributed by atoms with Crippen molar-refractivity contribution in [1.82, 2.24) is 20.2 Å². The van der Waals surface area contributed by atoms with Crippen molar-refractivity contribution >= 4 is 17.4 Å². The number of hydrogen-bond donors (Lipinski definition) is 0. The molecule has 0 radical (unpaired) electrons. The van der Waals surface area contributed by atoms with E-state index in [2.05, 4.69) is 27.7 Å². The number of nitrogens with zero attached hydrogens (tertiary/aromatic N) is 5. The van der Waals surface area contributed by atoms with Gasteiger partial charge in [0.05, 0.1) is 23.8 Å². The Labute approximate surface area is 185 Å². The van der Waals surface area contributed by atoms with Gasteiger partial charge in [0, 0.05) is 0 Å². The number of tetrazole rings is 1. The number of carbonyl (C=O) groups is 2. The van der Waals surface area contributed by atoms with Crippen LogP contribution in [0.15, 0.2) is 84.9 Å². The summed E-state index contributed by atoms with van der Waals surface area (Å²) in [6.07, 6.45) is 1.29. The first-order valence-corrected chi connectivity index (χ1v) is 10.5. The first-order valence-electron chi connectivity index (χ1n) is 10.5. The van der Waals surface area contributed by atoms with Crippen LogP contribution in [0.25, 0.3) is 0 Å². The van der Waals surface area contributed by atoms with Crippen molar-refractivity contribution in [2.75, 3.05) is 4.90 Å². The van der Waals surface area contributed by atoms with E-state index >= 15 is 0 Å². The highest BCUT2D eigenvalue weighted by Crippen LogP contribution is 2.37. The third-order valence-electron chi connectivity index (χ3n) is 5.72. The molecule has 0 N–H and O–H groups in total. The van der Waals surface area contributed by atoms with Crippen molar-refractivity contribution in [3.63, 3.8) is 0 Å². The second-order valence-electron chi connectivity index (χ2n) is 7.74. The maximum atomic E-state index is 13.1. The predicted octanol–water partition coefficient (Wildman–Crippen LogP) is 3.62. The molecule has 1 unspecified atom stereocenters. The van der Waals surface area contributed by atoms with Crippen molar-refractivity contribution in [2.24, 2.45) is 0 Å². The molecule has 158 valence electrons. The Bertz CT molecular complexity index is 1250. The number of benzene rings is 3. The van der Waals surface area contributed by atoms with Crippen molar-refractivity contribution < 1.29 is 9.59 Å². The number of anilines is 1. The summed E-state index contributed by atoms with van der Waals surface area (Å²) in [6, 6.07) is 26.6. The number of para-hydroxylation sites is 1. The summed E-state index contributed by atoms with van der Waals surface area (Å²) in [4.78, 5) is 27.3. The maximum Gasteiger partial charge on any atom is 0.300 e. The summed E-state index contributed by atoms with van der Waals surface area (Å²) in [6.45, 7) is 0.475. The lowest BCUT2D eigenvalue weighted by Gasteiger charge is -2.27. The third-order valence-corrected chi connectivity index (χ3v) is 5.72. The number of ketones is 1. The van der Waals surface area contributed by atoms with Crippen molar-refractivity contribution in [1.29, 1.82) is 0 Å². The largest absolute Gasteiger partial charge is 0.300 e. The minimum absolute atomic E-state index is 0.421. The Morgan fingerprint density at radius 3 is 2.19 bits per heavy atom. The molecule has 1 aliphatic heterocycles. The van der Waals surface area contributed by atoms with Crippen LogP contribution in [0.3, 0.4) is 0 Å². The van der Waals surface area contributed by atoms with Crippen LogP contribution in [0.1, 0.15) is 39.8 Å². The van der Waals surface area contributed by atoms with Crippen LogP contribution in [-0.2, 0) is 17.8 Å². The maximum absolute atomic E-state index is 13.1. The van der Waals surface area contributed by atoms with E-state index in [0.717, 1.165) is 11.1 Å². The van der Waals surface area contributed by atoms with Gasteiger partial charge in [-0.3, -0.25) is 14.5 Å². The topological polar surface area (TPSA) is 81.0 Å². The number of aromatic nitrogens is 4. The average molecular weight is 423 g/mol. The van der Waals surface area contributed by atoms with Gasteiger partial charge in [-0.2, -0.15) is 0 Å². The van der Waals surface area contributed by atoms with Crippen LogP contribution in [0.4, 0.5) is 5.69 Å². The standard InChI is InChI=1S/C25H21N5O2/c31-23-20-13-7-8-14-21(20)30(25(23)32)22(16-15-18-9-3-1-4-10-18)24-26-27-28-29(24)17-19-11-5-2-6-12-19/h1-14,22H,15-17H2. The molecule has 0 bridgehead atoms. The SMILES string of the molecule is O=C1C(=O)N(C(CCc2ccccc2)c2nnnn2Cc2ccccc2)c2ccccc21. The van der Waals surface area contributed by atoms with Crippen LogP contribution in [0, 0.1) is 0 Å². The molecule has 1 aliphatic rings. The Hall–Kier alpha value is -4.13. The summed E-state index contributed by atoms with van der Waals surface area (Å²) in [5, 5.41) is 12.4. The monoisotopic (exact) mass is 423 g/mol. The van der Waals surface area contributed by atoms with E-state index in [1.165, 1.54) is 0 Å². The van der Waals surface area contributed by atoms with E-state index < -0.39 is 17.7 Å². The van der Waals surface area contributed by atoms with Crippen LogP contribution in [-0.4, -0.2) is 31.9 Å². The summed E-state index contributed by atoms with van der Waals surface area (Å²) in [5.74, 6) is -0.478. The van der Waals surface area contributed by atoms with Crippen molar-refractivity contribution in [2.45, 2.75) is 25.4 Å². The summed E-state index contributed by atoms with van der Waals surface area (Å²) in [5.41, 5.74) is 3.22. The molecule has 0 spiro atoms. The fraction of sp³-hybridized carbons (Fsp3) is 0.160. The lowest BCUT2D eigenvalue weighted by Crippen LogP contribution is -2.36. The van der Waals surface area contributed by atoms with Crippen molar-refractivity contribution in [3.8, 4) is 0 Å². The quantitative estimate of drug-likeness (QED) is 0.424. The van der Waals surface area contributed by atoms with E-state index in [4.69, 9.17) is 0 Å². The zero-order valence-corrected chi connectivity index (χ0v) is 17.3. The Morgan fingerprint density at radius 1 is 0.781 bits per heavy atom. The number of amides is 1. The van der Waals surface area contributed by atoms with E-state index in [-0.39, 0.29) is 0 Å². The molecule has 0 saturated heterocycles. The smallest absolute Gasteiger partial charge is 0.294 e. The molecular formula is C25H21N5O2. The highest BCUT2D eigenvalue weighted by Gasteiger charge is 2.41. The average Bonchev–Trinajstić information content (AvgIpc) is 3.39. The van der Waals surface area contributed by atoms with Gasteiger partial charge in [-0.05, 0) is 46.5 Å². The molecule has 7 nitrogen and oxygen atoms in total. The number of rotatable bonds is 7. The minimum Gasteiger partial charge on any atom is -0.294 e. The molecule has 0 saturated carbocycles. The minimum atomic E-state index is -0.543. The van der Waals surface area contributed by atoms with Gasteiger partial charge >= 0.3 is 0 Å². The Kier molecular flexibility index (Phi) is 5.29. The number of fused-ring (bicyclic) bond motifs is 1. The summed E-state index contributed by atoms with van der Waals surface area (Å²) in [7, 11) is 0. The molecule has 3 aromatic carbocycles. The van der Waals surface area contributed by atoms with Gasteiger partial charge in [0.2, 0.25) is 0 Å².